The second-order valence-corrected chi connectivity index (χ2v) is 3.59. The van der Waals surface area contributed by atoms with Crippen LogP contribution in [0.2, 0.25) is 5.02 Å². The first-order valence-corrected chi connectivity index (χ1v) is 4.55. The number of rotatable bonds is 2. The number of hydrogen-bond donors (Lipinski definition) is 1. The molecular formula is C8H9ClOS. The summed E-state index contributed by atoms with van der Waals surface area (Å²) in [6.45, 7) is 1.71. The van der Waals surface area contributed by atoms with Gasteiger partial charge in [-0.2, -0.15) is 0 Å². The summed E-state index contributed by atoms with van der Waals surface area (Å²) in [6, 6.07) is 1.84. The third kappa shape index (κ3) is 2.66. The monoisotopic (exact) mass is 188 g/mol. The largest absolute Gasteiger partial charge is 0.389 e. The molecule has 1 rings (SSSR count). The highest BCUT2D eigenvalue weighted by Gasteiger charge is 1.96. The summed E-state index contributed by atoms with van der Waals surface area (Å²) in [6.07, 6.45) is 3.13. The Bertz CT molecular complexity index is 252. The van der Waals surface area contributed by atoms with E-state index in [1.54, 1.807) is 24.3 Å². The molecule has 1 unspecified atom stereocenters. The molecule has 0 spiro atoms. The second-order valence-electron chi connectivity index (χ2n) is 2.23. The van der Waals surface area contributed by atoms with Gasteiger partial charge in [0.15, 0.2) is 0 Å². The van der Waals surface area contributed by atoms with Crippen LogP contribution in [-0.2, 0) is 0 Å². The lowest BCUT2D eigenvalue weighted by Crippen LogP contribution is -1.90. The zero-order valence-electron chi connectivity index (χ0n) is 6.12. The molecule has 3 heteroatoms. The fourth-order valence-corrected chi connectivity index (χ4v) is 1.67. The predicted molar refractivity (Wildman–Crippen MR) is 50.0 cm³/mol. The highest BCUT2D eigenvalue weighted by atomic mass is 35.5. The fourth-order valence-electron chi connectivity index (χ4n) is 0.651. The van der Waals surface area contributed by atoms with Crippen LogP contribution in [0.15, 0.2) is 17.5 Å². The molecule has 0 aliphatic carbocycles. The summed E-state index contributed by atoms with van der Waals surface area (Å²) in [7, 11) is 0. The van der Waals surface area contributed by atoms with Crippen LogP contribution in [0.4, 0.5) is 0 Å². The number of aliphatic hydroxyl groups excluding tert-OH is 1. The molecule has 0 aliphatic heterocycles. The fraction of sp³-hybridized carbons (Fsp3) is 0.250. The Hall–Kier alpha value is -0.310. The molecule has 1 aromatic heterocycles. The molecule has 0 saturated heterocycles. The van der Waals surface area contributed by atoms with Crippen molar-refractivity contribution in [2.45, 2.75) is 13.0 Å². The van der Waals surface area contributed by atoms with Crippen molar-refractivity contribution in [1.29, 1.82) is 0 Å². The van der Waals surface area contributed by atoms with Crippen molar-refractivity contribution in [2.75, 3.05) is 0 Å². The van der Waals surface area contributed by atoms with Gasteiger partial charge in [0.25, 0.3) is 0 Å². The first-order valence-electron chi connectivity index (χ1n) is 3.29. The van der Waals surface area contributed by atoms with E-state index < -0.39 is 6.10 Å². The average Bonchev–Trinajstić information content (AvgIpc) is 2.31. The van der Waals surface area contributed by atoms with Crippen LogP contribution in [0.25, 0.3) is 6.08 Å². The van der Waals surface area contributed by atoms with Crippen LogP contribution < -0.4 is 0 Å². The molecule has 1 heterocycles. The molecule has 0 saturated carbocycles. The third-order valence-corrected chi connectivity index (χ3v) is 2.49. The first kappa shape index (κ1) is 8.78. The van der Waals surface area contributed by atoms with E-state index in [1.807, 2.05) is 17.5 Å². The minimum Gasteiger partial charge on any atom is -0.389 e. The number of aliphatic hydroxyl groups is 1. The van der Waals surface area contributed by atoms with Gasteiger partial charge in [-0.25, -0.2) is 0 Å². The van der Waals surface area contributed by atoms with Crippen molar-refractivity contribution >= 4 is 29.0 Å². The van der Waals surface area contributed by atoms with Crippen molar-refractivity contribution in [1.82, 2.24) is 0 Å². The Labute approximate surface area is 74.9 Å². The highest BCUT2D eigenvalue weighted by molar-refractivity contribution is 7.11. The average molecular weight is 189 g/mol. The predicted octanol–water partition coefficient (Wildman–Crippen LogP) is 2.80. The molecule has 11 heavy (non-hydrogen) atoms. The molecule has 0 aromatic carbocycles. The van der Waals surface area contributed by atoms with Crippen molar-refractivity contribution < 1.29 is 5.11 Å². The molecule has 0 radical (unpaired) electrons. The second kappa shape index (κ2) is 3.90. The minimum absolute atomic E-state index is 0.409. The van der Waals surface area contributed by atoms with Gasteiger partial charge in [-0.15, -0.1) is 11.3 Å². The molecule has 60 valence electrons. The maximum absolute atomic E-state index is 8.92. The van der Waals surface area contributed by atoms with Crippen molar-refractivity contribution in [3.05, 3.63) is 27.4 Å². The normalized spacial score (nSPS) is 14.1. The van der Waals surface area contributed by atoms with Gasteiger partial charge in [0, 0.05) is 4.88 Å². The molecule has 0 aliphatic rings. The Balaban J connectivity index is 2.71. The van der Waals surface area contributed by atoms with Gasteiger partial charge < -0.3 is 5.11 Å². The van der Waals surface area contributed by atoms with Gasteiger partial charge in [0.05, 0.1) is 11.1 Å². The maximum Gasteiger partial charge on any atom is 0.0696 e. The van der Waals surface area contributed by atoms with Crippen molar-refractivity contribution in [3.63, 3.8) is 0 Å². The molecule has 1 nitrogen and oxygen atoms in total. The summed E-state index contributed by atoms with van der Waals surface area (Å²) < 4.78 is 0. The van der Waals surface area contributed by atoms with E-state index in [1.165, 1.54) is 0 Å². The van der Waals surface area contributed by atoms with Crippen molar-refractivity contribution in [2.24, 2.45) is 0 Å². The summed E-state index contributed by atoms with van der Waals surface area (Å²) in [4.78, 5) is 0.993. The van der Waals surface area contributed by atoms with Gasteiger partial charge in [-0.3, -0.25) is 0 Å². The van der Waals surface area contributed by atoms with E-state index in [9.17, 15) is 0 Å². The van der Waals surface area contributed by atoms with E-state index in [-0.39, 0.29) is 0 Å². The van der Waals surface area contributed by atoms with E-state index in [4.69, 9.17) is 16.7 Å². The first-order chi connectivity index (χ1) is 5.20. The highest BCUT2D eigenvalue weighted by Crippen LogP contribution is 2.23. The van der Waals surface area contributed by atoms with Crippen LogP contribution in [-0.4, -0.2) is 11.2 Å². The van der Waals surface area contributed by atoms with Crippen LogP contribution in [0.3, 0.4) is 0 Å². The van der Waals surface area contributed by atoms with Gasteiger partial charge in [0.1, 0.15) is 0 Å². The molecule has 1 atom stereocenters. The van der Waals surface area contributed by atoms with E-state index in [0.717, 1.165) is 9.90 Å². The minimum atomic E-state index is -0.409. The Morgan fingerprint density at radius 2 is 2.45 bits per heavy atom. The Morgan fingerprint density at radius 3 is 2.91 bits per heavy atom. The Morgan fingerprint density at radius 1 is 1.73 bits per heavy atom. The van der Waals surface area contributed by atoms with Crippen LogP contribution in [0, 0.1) is 0 Å². The maximum atomic E-state index is 8.92. The van der Waals surface area contributed by atoms with Gasteiger partial charge in [-0.05, 0) is 24.4 Å². The lowest BCUT2D eigenvalue weighted by molar-refractivity contribution is 0.245. The smallest absolute Gasteiger partial charge is 0.0696 e. The quantitative estimate of drug-likeness (QED) is 0.757. The zero-order chi connectivity index (χ0) is 8.27. The SMILES string of the molecule is CC(O)/C=C/c1sccc1Cl. The molecule has 1 aromatic rings. The van der Waals surface area contributed by atoms with Gasteiger partial charge in [-0.1, -0.05) is 17.7 Å². The summed E-state index contributed by atoms with van der Waals surface area (Å²) >= 11 is 7.36. The molecular weight excluding hydrogens is 180 g/mol. The number of thiophene rings is 1. The summed E-state index contributed by atoms with van der Waals surface area (Å²) in [5, 5.41) is 11.6. The summed E-state index contributed by atoms with van der Waals surface area (Å²) in [5.74, 6) is 0. The van der Waals surface area contributed by atoms with Gasteiger partial charge in [0.2, 0.25) is 0 Å². The molecule has 0 bridgehead atoms. The molecule has 1 N–H and O–H groups in total. The van der Waals surface area contributed by atoms with E-state index in [2.05, 4.69) is 0 Å². The standard InChI is InChI=1S/C8H9ClOS/c1-6(10)2-3-8-7(9)4-5-11-8/h2-6,10H,1H3/b3-2+. The molecule has 0 amide bonds. The van der Waals surface area contributed by atoms with E-state index in [0.29, 0.717) is 0 Å². The topological polar surface area (TPSA) is 20.2 Å². The van der Waals surface area contributed by atoms with Gasteiger partial charge >= 0.3 is 0 Å². The lowest BCUT2D eigenvalue weighted by Gasteiger charge is -1.91. The van der Waals surface area contributed by atoms with Crippen LogP contribution in [0.1, 0.15) is 11.8 Å². The Kier molecular flexibility index (Phi) is 3.12. The summed E-state index contributed by atoms with van der Waals surface area (Å²) in [5.41, 5.74) is 0. The van der Waals surface area contributed by atoms with E-state index >= 15 is 0 Å². The number of halogens is 1. The lowest BCUT2D eigenvalue weighted by atomic mass is 10.3. The number of hydrogen-bond acceptors (Lipinski definition) is 2. The molecule has 0 fully saturated rings. The van der Waals surface area contributed by atoms with Crippen molar-refractivity contribution in [3.8, 4) is 0 Å². The zero-order valence-corrected chi connectivity index (χ0v) is 7.69. The van der Waals surface area contributed by atoms with Crippen LogP contribution >= 0.6 is 22.9 Å². The van der Waals surface area contributed by atoms with Crippen LogP contribution in [0.5, 0.6) is 0 Å². The third-order valence-electron chi connectivity index (χ3n) is 1.17.